The van der Waals surface area contributed by atoms with Gasteiger partial charge in [0.15, 0.2) is 0 Å². The van der Waals surface area contributed by atoms with E-state index in [1.165, 1.54) is 5.56 Å². The van der Waals surface area contributed by atoms with E-state index in [0.717, 1.165) is 6.42 Å². The number of para-hydroxylation sites is 1. The van der Waals surface area contributed by atoms with Crippen molar-refractivity contribution in [2.45, 2.75) is 25.8 Å². The number of aromatic nitrogens is 2. The van der Waals surface area contributed by atoms with Crippen LogP contribution in [0, 0.1) is 0 Å². The van der Waals surface area contributed by atoms with Crippen molar-refractivity contribution in [3.05, 3.63) is 77.4 Å². The Bertz CT molecular complexity index is 865. The molecule has 1 amide bonds. The van der Waals surface area contributed by atoms with Gasteiger partial charge in [0, 0.05) is 19.0 Å². The summed E-state index contributed by atoms with van der Waals surface area (Å²) in [5.41, 5.74) is 1.24. The molecule has 2 aromatic carbocycles. The molecule has 1 heterocycles. The topological polar surface area (TPSA) is 56.1 Å². The lowest BCUT2D eigenvalue weighted by atomic mass is 10.1. The van der Waals surface area contributed by atoms with Gasteiger partial charge in [0.2, 0.25) is 5.91 Å². The van der Waals surface area contributed by atoms with Crippen LogP contribution in [0.5, 0.6) is 5.75 Å². The summed E-state index contributed by atoms with van der Waals surface area (Å²) in [6, 6.07) is 19.3. The summed E-state index contributed by atoms with van der Waals surface area (Å²) >= 11 is 6.04. The van der Waals surface area contributed by atoms with E-state index in [0.29, 0.717) is 42.6 Å². The Balaban J connectivity index is 1.42. The molecule has 0 aliphatic rings. The average molecular weight is 384 g/mol. The van der Waals surface area contributed by atoms with Gasteiger partial charge in [-0.15, -0.1) is 0 Å². The maximum atomic E-state index is 12.2. The summed E-state index contributed by atoms with van der Waals surface area (Å²) in [4.78, 5) is 12.2. The molecule has 0 unspecified atom stereocenters. The standard InChI is InChI=1S/C21H22ClN3O2/c22-18-9-4-5-10-19(18)27-16-6-11-21(26)24-20-12-14-23-25(20)15-13-17-7-2-1-3-8-17/h1-5,7-10,12,14H,6,11,13,15-16H2,(H,24,26). The molecule has 0 aliphatic heterocycles. The quantitative estimate of drug-likeness (QED) is 0.550. The zero-order chi connectivity index (χ0) is 18.9. The van der Waals surface area contributed by atoms with Crippen molar-refractivity contribution in [2.24, 2.45) is 0 Å². The first-order valence-electron chi connectivity index (χ1n) is 8.95. The number of halogens is 1. The molecule has 3 rings (SSSR count). The summed E-state index contributed by atoms with van der Waals surface area (Å²) < 4.78 is 7.41. The molecule has 0 fully saturated rings. The number of carbonyl (C=O) groups excluding carboxylic acids is 1. The number of hydrogen-bond donors (Lipinski definition) is 1. The number of anilines is 1. The fourth-order valence-electron chi connectivity index (χ4n) is 2.68. The molecule has 5 nitrogen and oxygen atoms in total. The Labute approximate surface area is 163 Å². The van der Waals surface area contributed by atoms with Gasteiger partial charge in [-0.1, -0.05) is 54.1 Å². The second-order valence-electron chi connectivity index (χ2n) is 6.11. The van der Waals surface area contributed by atoms with Crippen LogP contribution in [-0.4, -0.2) is 22.3 Å². The molecule has 0 saturated heterocycles. The number of amides is 1. The first kappa shape index (κ1) is 19.0. The second-order valence-corrected chi connectivity index (χ2v) is 6.51. The largest absolute Gasteiger partial charge is 0.492 e. The summed E-state index contributed by atoms with van der Waals surface area (Å²) in [7, 11) is 0. The minimum atomic E-state index is -0.0563. The summed E-state index contributed by atoms with van der Waals surface area (Å²) in [6.45, 7) is 1.15. The van der Waals surface area contributed by atoms with Crippen LogP contribution in [0.2, 0.25) is 5.02 Å². The lowest BCUT2D eigenvalue weighted by Crippen LogP contribution is -2.17. The van der Waals surface area contributed by atoms with Crippen LogP contribution < -0.4 is 10.1 Å². The fourth-order valence-corrected chi connectivity index (χ4v) is 2.87. The van der Waals surface area contributed by atoms with E-state index in [2.05, 4.69) is 22.5 Å². The van der Waals surface area contributed by atoms with Gasteiger partial charge in [0.05, 0.1) is 17.8 Å². The highest BCUT2D eigenvalue weighted by molar-refractivity contribution is 6.32. The van der Waals surface area contributed by atoms with Gasteiger partial charge in [0.1, 0.15) is 11.6 Å². The molecule has 0 aliphatic carbocycles. The van der Waals surface area contributed by atoms with Gasteiger partial charge in [-0.2, -0.15) is 5.10 Å². The first-order valence-corrected chi connectivity index (χ1v) is 9.33. The van der Waals surface area contributed by atoms with Crippen molar-refractivity contribution < 1.29 is 9.53 Å². The molecule has 1 N–H and O–H groups in total. The second kappa shape index (κ2) is 9.78. The summed E-state index contributed by atoms with van der Waals surface area (Å²) in [6.07, 6.45) is 3.53. The number of ether oxygens (including phenoxy) is 1. The lowest BCUT2D eigenvalue weighted by Gasteiger charge is -2.10. The molecule has 0 bridgehead atoms. The van der Waals surface area contributed by atoms with E-state index in [1.807, 2.05) is 47.1 Å². The van der Waals surface area contributed by atoms with Crippen LogP contribution in [0.15, 0.2) is 66.9 Å². The number of carbonyl (C=O) groups is 1. The summed E-state index contributed by atoms with van der Waals surface area (Å²) in [5, 5.41) is 7.78. The SMILES string of the molecule is O=C(CCCOc1ccccc1Cl)Nc1ccnn1CCc1ccccc1. The predicted molar refractivity (Wildman–Crippen MR) is 107 cm³/mol. The average Bonchev–Trinajstić information content (AvgIpc) is 3.12. The number of aryl methyl sites for hydroxylation is 2. The van der Waals surface area contributed by atoms with Gasteiger partial charge in [-0.3, -0.25) is 4.79 Å². The number of nitrogens with zero attached hydrogens (tertiary/aromatic N) is 2. The first-order chi connectivity index (χ1) is 13.2. The number of rotatable bonds is 9. The third-order valence-corrected chi connectivity index (χ3v) is 4.39. The normalized spacial score (nSPS) is 10.6. The summed E-state index contributed by atoms with van der Waals surface area (Å²) in [5.74, 6) is 1.29. The molecule has 3 aromatic rings. The molecule has 0 atom stereocenters. The van der Waals surface area contributed by atoms with Gasteiger partial charge >= 0.3 is 0 Å². The van der Waals surface area contributed by atoms with Crippen LogP contribution >= 0.6 is 11.6 Å². The molecule has 27 heavy (non-hydrogen) atoms. The molecular formula is C21H22ClN3O2. The minimum absolute atomic E-state index is 0.0563. The van der Waals surface area contributed by atoms with Gasteiger partial charge in [-0.25, -0.2) is 4.68 Å². The Hall–Kier alpha value is -2.79. The van der Waals surface area contributed by atoms with E-state index in [4.69, 9.17) is 16.3 Å². The number of nitrogens with one attached hydrogen (secondary N) is 1. The Morgan fingerprint density at radius 3 is 2.67 bits per heavy atom. The van der Waals surface area contributed by atoms with E-state index < -0.39 is 0 Å². The third kappa shape index (κ3) is 5.86. The predicted octanol–water partition coefficient (Wildman–Crippen LogP) is 4.58. The maximum Gasteiger partial charge on any atom is 0.225 e. The minimum Gasteiger partial charge on any atom is -0.492 e. The zero-order valence-electron chi connectivity index (χ0n) is 15.0. The smallest absolute Gasteiger partial charge is 0.225 e. The van der Waals surface area contributed by atoms with Crippen molar-refractivity contribution in [1.82, 2.24) is 9.78 Å². The van der Waals surface area contributed by atoms with Gasteiger partial charge in [-0.05, 0) is 30.5 Å². The highest BCUT2D eigenvalue weighted by atomic mass is 35.5. The van der Waals surface area contributed by atoms with E-state index in [1.54, 1.807) is 12.3 Å². The molecule has 140 valence electrons. The van der Waals surface area contributed by atoms with Gasteiger partial charge in [0.25, 0.3) is 0 Å². The van der Waals surface area contributed by atoms with Crippen molar-refractivity contribution >= 4 is 23.3 Å². The van der Waals surface area contributed by atoms with Crippen molar-refractivity contribution in [3.8, 4) is 5.75 Å². The van der Waals surface area contributed by atoms with Crippen LogP contribution in [-0.2, 0) is 17.8 Å². The van der Waals surface area contributed by atoms with Crippen molar-refractivity contribution in [3.63, 3.8) is 0 Å². The zero-order valence-corrected chi connectivity index (χ0v) is 15.7. The van der Waals surface area contributed by atoms with Crippen LogP contribution in [0.25, 0.3) is 0 Å². The van der Waals surface area contributed by atoms with Crippen LogP contribution in [0.3, 0.4) is 0 Å². The maximum absolute atomic E-state index is 12.2. The fraction of sp³-hybridized carbons (Fsp3) is 0.238. The lowest BCUT2D eigenvalue weighted by molar-refractivity contribution is -0.116. The van der Waals surface area contributed by atoms with Crippen LogP contribution in [0.1, 0.15) is 18.4 Å². The third-order valence-electron chi connectivity index (χ3n) is 4.08. The van der Waals surface area contributed by atoms with Gasteiger partial charge < -0.3 is 10.1 Å². The van der Waals surface area contributed by atoms with E-state index in [-0.39, 0.29) is 5.91 Å². The number of hydrogen-bond acceptors (Lipinski definition) is 3. The monoisotopic (exact) mass is 383 g/mol. The molecule has 0 spiro atoms. The van der Waals surface area contributed by atoms with Crippen LogP contribution in [0.4, 0.5) is 5.82 Å². The molecular weight excluding hydrogens is 362 g/mol. The Kier molecular flexibility index (Phi) is 6.88. The Morgan fingerprint density at radius 2 is 1.85 bits per heavy atom. The van der Waals surface area contributed by atoms with E-state index in [9.17, 15) is 4.79 Å². The molecule has 1 aromatic heterocycles. The molecule has 6 heteroatoms. The van der Waals surface area contributed by atoms with Crippen molar-refractivity contribution in [1.29, 1.82) is 0 Å². The van der Waals surface area contributed by atoms with Crippen molar-refractivity contribution in [2.75, 3.05) is 11.9 Å². The highest BCUT2D eigenvalue weighted by Gasteiger charge is 2.08. The van der Waals surface area contributed by atoms with E-state index >= 15 is 0 Å². The molecule has 0 saturated carbocycles. The Morgan fingerprint density at radius 1 is 1.07 bits per heavy atom. The number of benzene rings is 2. The highest BCUT2D eigenvalue weighted by Crippen LogP contribution is 2.23. The molecule has 0 radical (unpaired) electrons.